The Hall–Kier alpha value is -2.79. The van der Waals surface area contributed by atoms with E-state index in [1.54, 1.807) is 36.4 Å². The molecular formula is C18H14ClNO4. The highest BCUT2D eigenvalue weighted by atomic mass is 35.5. The van der Waals surface area contributed by atoms with Crippen LogP contribution in [0.3, 0.4) is 0 Å². The van der Waals surface area contributed by atoms with Crippen molar-refractivity contribution in [3.8, 4) is 5.75 Å². The van der Waals surface area contributed by atoms with Gasteiger partial charge in [-0.3, -0.25) is 9.59 Å². The van der Waals surface area contributed by atoms with E-state index in [0.717, 1.165) is 6.07 Å². The maximum Gasteiger partial charge on any atom is 0.291 e. The van der Waals surface area contributed by atoms with Crippen LogP contribution in [0.25, 0.3) is 11.0 Å². The van der Waals surface area contributed by atoms with Crippen molar-refractivity contribution in [3.05, 3.63) is 69.5 Å². The maximum absolute atomic E-state index is 12.4. The molecule has 0 saturated carbocycles. The van der Waals surface area contributed by atoms with Gasteiger partial charge in [-0.2, -0.15) is 0 Å². The standard InChI is InChI=1S/C18H14ClNO4/c1-2-23-16-6-4-3-5-13(16)20-18(22)17-10-14(21)12-9-11(19)7-8-15(12)24-17/h3-10H,2H2,1H3,(H,20,22). The van der Waals surface area contributed by atoms with Gasteiger partial charge in [-0.15, -0.1) is 0 Å². The molecule has 0 radical (unpaired) electrons. The third-order valence-electron chi connectivity index (χ3n) is 3.35. The zero-order valence-electron chi connectivity index (χ0n) is 12.8. The first-order valence-electron chi connectivity index (χ1n) is 7.35. The van der Waals surface area contributed by atoms with E-state index in [-0.39, 0.29) is 11.2 Å². The third-order valence-corrected chi connectivity index (χ3v) is 3.58. The van der Waals surface area contributed by atoms with E-state index in [9.17, 15) is 9.59 Å². The van der Waals surface area contributed by atoms with Crippen molar-refractivity contribution in [3.63, 3.8) is 0 Å². The Morgan fingerprint density at radius 3 is 2.79 bits per heavy atom. The number of anilines is 1. The molecule has 1 N–H and O–H groups in total. The molecule has 5 nitrogen and oxygen atoms in total. The molecule has 6 heteroatoms. The van der Waals surface area contributed by atoms with Crippen LogP contribution in [-0.2, 0) is 0 Å². The van der Waals surface area contributed by atoms with Crippen molar-refractivity contribution in [2.45, 2.75) is 6.92 Å². The smallest absolute Gasteiger partial charge is 0.291 e. The Balaban J connectivity index is 1.95. The van der Waals surface area contributed by atoms with E-state index in [0.29, 0.717) is 34.0 Å². The Labute approximate surface area is 142 Å². The van der Waals surface area contributed by atoms with Crippen molar-refractivity contribution >= 4 is 34.2 Å². The summed E-state index contributed by atoms with van der Waals surface area (Å²) in [5, 5.41) is 3.45. The molecule has 3 rings (SSSR count). The minimum absolute atomic E-state index is 0.0823. The van der Waals surface area contributed by atoms with E-state index >= 15 is 0 Å². The van der Waals surface area contributed by atoms with Gasteiger partial charge in [0.1, 0.15) is 11.3 Å². The third kappa shape index (κ3) is 3.26. The summed E-state index contributed by atoms with van der Waals surface area (Å²) in [5.74, 6) is -0.0690. The maximum atomic E-state index is 12.4. The Morgan fingerprint density at radius 1 is 1.21 bits per heavy atom. The van der Waals surface area contributed by atoms with Crippen LogP contribution in [0.2, 0.25) is 5.02 Å². The second-order valence-corrected chi connectivity index (χ2v) is 5.44. The molecule has 0 saturated heterocycles. The number of carbonyl (C=O) groups excluding carboxylic acids is 1. The lowest BCUT2D eigenvalue weighted by Crippen LogP contribution is -2.15. The number of hydrogen-bond acceptors (Lipinski definition) is 4. The van der Waals surface area contributed by atoms with Crippen molar-refractivity contribution < 1.29 is 13.9 Å². The van der Waals surface area contributed by atoms with Crippen LogP contribution in [0.1, 0.15) is 17.5 Å². The number of halogens is 1. The van der Waals surface area contributed by atoms with Gasteiger partial charge in [0.05, 0.1) is 17.7 Å². The lowest BCUT2D eigenvalue weighted by atomic mass is 10.2. The molecule has 0 aliphatic rings. The summed E-state index contributed by atoms with van der Waals surface area (Å²) in [5.41, 5.74) is 0.473. The average molecular weight is 344 g/mol. The normalized spacial score (nSPS) is 10.6. The number of hydrogen-bond donors (Lipinski definition) is 1. The van der Waals surface area contributed by atoms with Gasteiger partial charge in [0.2, 0.25) is 0 Å². The highest BCUT2D eigenvalue weighted by Crippen LogP contribution is 2.24. The molecule has 2 aromatic carbocycles. The van der Waals surface area contributed by atoms with Crippen LogP contribution in [0.5, 0.6) is 5.75 Å². The van der Waals surface area contributed by atoms with Gasteiger partial charge in [0, 0.05) is 11.1 Å². The van der Waals surface area contributed by atoms with Crippen molar-refractivity contribution in [2.75, 3.05) is 11.9 Å². The van der Waals surface area contributed by atoms with Crippen LogP contribution in [0, 0.1) is 0 Å². The zero-order valence-corrected chi connectivity index (χ0v) is 13.6. The van der Waals surface area contributed by atoms with Gasteiger partial charge in [-0.1, -0.05) is 23.7 Å². The summed E-state index contributed by atoms with van der Waals surface area (Å²) >= 11 is 5.87. The van der Waals surface area contributed by atoms with Gasteiger partial charge < -0.3 is 14.5 Å². The quantitative estimate of drug-likeness (QED) is 0.774. The second-order valence-electron chi connectivity index (χ2n) is 5.00. The molecule has 122 valence electrons. The topological polar surface area (TPSA) is 68.5 Å². The zero-order chi connectivity index (χ0) is 17.1. The van der Waals surface area contributed by atoms with E-state index in [1.807, 2.05) is 6.92 Å². The number of ether oxygens (including phenoxy) is 1. The van der Waals surface area contributed by atoms with Gasteiger partial charge in [0.15, 0.2) is 11.2 Å². The van der Waals surface area contributed by atoms with Crippen LogP contribution in [-0.4, -0.2) is 12.5 Å². The molecule has 1 amide bonds. The first-order valence-corrected chi connectivity index (χ1v) is 7.73. The molecule has 0 aliphatic heterocycles. The van der Waals surface area contributed by atoms with Crippen LogP contribution in [0.15, 0.2) is 57.7 Å². The fourth-order valence-corrected chi connectivity index (χ4v) is 2.45. The molecule has 3 aromatic rings. The molecule has 0 unspecified atom stereocenters. The Bertz CT molecular complexity index is 965. The highest BCUT2D eigenvalue weighted by Gasteiger charge is 2.14. The lowest BCUT2D eigenvalue weighted by molar-refractivity contribution is 0.0996. The fourth-order valence-electron chi connectivity index (χ4n) is 2.28. The molecule has 0 bridgehead atoms. The molecule has 0 fully saturated rings. The lowest BCUT2D eigenvalue weighted by Gasteiger charge is -2.11. The van der Waals surface area contributed by atoms with E-state index in [2.05, 4.69) is 5.32 Å². The van der Waals surface area contributed by atoms with E-state index in [4.69, 9.17) is 20.8 Å². The average Bonchev–Trinajstić information content (AvgIpc) is 2.57. The van der Waals surface area contributed by atoms with Crippen molar-refractivity contribution in [2.24, 2.45) is 0 Å². The molecule has 24 heavy (non-hydrogen) atoms. The Morgan fingerprint density at radius 2 is 2.00 bits per heavy atom. The summed E-state index contributed by atoms with van der Waals surface area (Å²) in [6.45, 7) is 2.32. The number of benzene rings is 2. The van der Waals surface area contributed by atoms with E-state index < -0.39 is 5.91 Å². The molecule has 0 spiro atoms. The van der Waals surface area contributed by atoms with Crippen LogP contribution in [0.4, 0.5) is 5.69 Å². The first-order chi connectivity index (χ1) is 11.6. The first kappa shape index (κ1) is 16.1. The van der Waals surface area contributed by atoms with E-state index in [1.165, 1.54) is 6.07 Å². The minimum Gasteiger partial charge on any atom is -0.492 e. The largest absolute Gasteiger partial charge is 0.492 e. The molecule has 0 atom stereocenters. The molecule has 0 aliphatic carbocycles. The van der Waals surface area contributed by atoms with Crippen molar-refractivity contribution in [1.29, 1.82) is 0 Å². The van der Waals surface area contributed by atoms with Crippen LogP contribution >= 0.6 is 11.6 Å². The summed E-state index contributed by atoms with van der Waals surface area (Å²) in [7, 11) is 0. The summed E-state index contributed by atoms with van der Waals surface area (Å²) in [6.07, 6.45) is 0. The number of carbonyl (C=O) groups is 1. The van der Waals surface area contributed by atoms with Gasteiger partial charge >= 0.3 is 0 Å². The molecule has 1 aromatic heterocycles. The number of rotatable bonds is 4. The summed E-state index contributed by atoms with van der Waals surface area (Å²) in [6, 6.07) is 12.9. The summed E-state index contributed by atoms with van der Waals surface area (Å²) in [4.78, 5) is 24.6. The van der Waals surface area contributed by atoms with Gasteiger partial charge in [-0.25, -0.2) is 0 Å². The van der Waals surface area contributed by atoms with Gasteiger partial charge in [0.25, 0.3) is 5.91 Å². The van der Waals surface area contributed by atoms with Crippen LogP contribution < -0.4 is 15.5 Å². The predicted molar refractivity (Wildman–Crippen MR) is 93.1 cm³/mol. The SMILES string of the molecule is CCOc1ccccc1NC(=O)c1cc(=O)c2cc(Cl)ccc2o1. The highest BCUT2D eigenvalue weighted by molar-refractivity contribution is 6.31. The van der Waals surface area contributed by atoms with Gasteiger partial charge in [-0.05, 0) is 37.3 Å². The Kier molecular flexibility index (Phi) is 4.53. The monoisotopic (exact) mass is 343 g/mol. The molecular weight excluding hydrogens is 330 g/mol. The van der Waals surface area contributed by atoms with Crippen molar-refractivity contribution in [1.82, 2.24) is 0 Å². The number of amides is 1. The summed E-state index contributed by atoms with van der Waals surface area (Å²) < 4.78 is 11.0. The predicted octanol–water partition coefficient (Wildman–Crippen LogP) is 4.10. The number of nitrogens with one attached hydrogen (secondary N) is 1. The number of para-hydroxylation sites is 2. The minimum atomic E-state index is -0.531. The number of fused-ring (bicyclic) bond motifs is 1. The second kappa shape index (κ2) is 6.76. The molecule has 1 heterocycles. The fraction of sp³-hybridized carbons (Fsp3) is 0.111.